The van der Waals surface area contributed by atoms with Crippen molar-refractivity contribution in [1.29, 1.82) is 0 Å². The van der Waals surface area contributed by atoms with Gasteiger partial charge in [-0.25, -0.2) is 8.42 Å². The lowest BCUT2D eigenvalue weighted by Gasteiger charge is -2.44. The first-order valence-electron chi connectivity index (χ1n) is 9.52. The topological polar surface area (TPSA) is 157 Å². The molecule has 0 bridgehead atoms. The zero-order valence-electron chi connectivity index (χ0n) is 17.2. The smallest absolute Gasteiger partial charge is 0.361 e. The molecule has 1 aliphatic rings. The number of hydrogen-bond donors (Lipinski definition) is 2. The average molecular weight is 486 g/mol. The van der Waals surface area contributed by atoms with Crippen LogP contribution in [0.25, 0.3) is 0 Å². The van der Waals surface area contributed by atoms with Crippen LogP contribution in [0.1, 0.15) is 12.5 Å². The molecule has 1 fully saturated rings. The highest BCUT2D eigenvalue weighted by Gasteiger charge is 2.55. The Morgan fingerprint density at radius 1 is 1.16 bits per heavy atom. The van der Waals surface area contributed by atoms with Crippen molar-refractivity contribution < 1.29 is 37.2 Å². The normalized spacial score (nSPS) is 28.5. The van der Waals surface area contributed by atoms with Gasteiger partial charge in [-0.2, -0.15) is 4.31 Å². The number of nitrogens with zero attached hydrogens (tertiary/aromatic N) is 2. The van der Waals surface area contributed by atoms with Crippen molar-refractivity contribution in [2.75, 3.05) is 7.11 Å². The maximum Gasteiger partial charge on any atom is 0.361 e. The van der Waals surface area contributed by atoms with Gasteiger partial charge in [-0.3, -0.25) is 14.7 Å². The molecule has 2 N–H and O–H groups in total. The van der Waals surface area contributed by atoms with Gasteiger partial charge in [0.2, 0.25) is 0 Å². The van der Waals surface area contributed by atoms with Gasteiger partial charge in [-0.15, -0.1) is 0 Å². The highest BCUT2D eigenvalue weighted by atomic mass is 32.2. The number of benzene rings is 2. The monoisotopic (exact) mass is 486 g/mol. The molecular formula is C19H23N2O9PS. The van der Waals surface area contributed by atoms with Crippen molar-refractivity contribution in [1.82, 2.24) is 4.31 Å². The molecule has 13 heteroatoms. The summed E-state index contributed by atoms with van der Waals surface area (Å²) in [5.74, 6) is -2.02. The second-order valence-corrected chi connectivity index (χ2v) is 11.2. The van der Waals surface area contributed by atoms with Crippen LogP contribution in [-0.4, -0.2) is 59.1 Å². The Kier molecular flexibility index (Phi) is 7.15. The van der Waals surface area contributed by atoms with Crippen LogP contribution in [0.15, 0.2) is 59.5 Å². The standard InChI is InChI=1S/C19H23N2O9PS/c1-13-17(18(22)19(23)31(26,29-2)30-13)20(12-14-8-4-3-5-9-14)32(27,28)16-11-7-6-10-15(16)21(24)25/h3-11,13,17-19,22-23H,12H2,1-2H3/t13-,17-,18+,19-,31?/m1/s1. The minimum absolute atomic E-state index is 0.297. The molecule has 2 aromatic rings. The summed E-state index contributed by atoms with van der Waals surface area (Å²) in [4.78, 5) is 10.1. The van der Waals surface area contributed by atoms with Crippen LogP contribution in [0.3, 0.4) is 0 Å². The summed E-state index contributed by atoms with van der Waals surface area (Å²) in [5, 5.41) is 32.7. The first-order valence-corrected chi connectivity index (χ1v) is 12.6. The van der Waals surface area contributed by atoms with E-state index in [4.69, 9.17) is 9.05 Å². The van der Waals surface area contributed by atoms with E-state index in [0.717, 1.165) is 23.5 Å². The van der Waals surface area contributed by atoms with Crippen molar-refractivity contribution >= 4 is 23.3 Å². The molecule has 1 heterocycles. The zero-order valence-corrected chi connectivity index (χ0v) is 18.9. The van der Waals surface area contributed by atoms with Crippen LogP contribution in [0.2, 0.25) is 0 Å². The third-order valence-electron chi connectivity index (χ3n) is 5.19. The average Bonchev–Trinajstić information content (AvgIpc) is 2.77. The molecule has 3 rings (SSSR count). The van der Waals surface area contributed by atoms with E-state index in [1.165, 1.54) is 19.1 Å². The van der Waals surface area contributed by atoms with Gasteiger partial charge in [0.25, 0.3) is 15.7 Å². The highest BCUT2D eigenvalue weighted by Crippen LogP contribution is 2.58. The van der Waals surface area contributed by atoms with E-state index in [-0.39, 0.29) is 6.54 Å². The minimum atomic E-state index is -4.60. The number of rotatable bonds is 7. The molecular weight excluding hydrogens is 463 g/mol. The Hall–Kier alpha value is -2.18. The number of nitro benzene ring substituents is 1. The molecule has 5 atom stereocenters. The van der Waals surface area contributed by atoms with Gasteiger partial charge >= 0.3 is 7.60 Å². The number of para-hydroxylation sites is 1. The van der Waals surface area contributed by atoms with E-state index in [9.17, 15) is 33.3 Å². The van der Waals surface area contributed by atoms with Crippen LogP contribution in [0.4, 0.5) is 5.69 Å². The molecule has 2 aromatic carbocycles. The van der Waals surface area contributed by atoms with E-state index < -0.39 is 57.2 Å². The third-order valence-corrected chi connectivity index (χ3v) is 9.17. The fraction of sp³-hybridized carbons (Fsp3) is 0.368. The molecule has 1 aliphatic heterocycles. The summed E-state index contributed by atoms with van der Waals surface area (Å²) >= 11 is 0. The fourth-order valence-electron chi connectivity index (χ4n) is 3.62. The summed E-state index contributed by atoms with van der Waals surface area (Å²) in [6.45, 7) is 1.08. The van der Waals surface area contributed by atoms with Crippen molar-refractivity contribution in [3.63, 3.8) is 0 Å². The van der Waals surface area contributed by atoms with Gasteiger partial charge in [-0.05, 0) is 18.6 Å². The quantitative estimate of drug-likeness (QED) is 0.340. The van der Waals surface area contributed by atoms with E-state index in [2.05, 4.69) is 0 Å². The second kappa shape index (κ2) is 9.36. The summed E-state index contributed by atoms with van der Waals surface area (Å²) in [6.07, 6.45) is -3.04. The Balaban J connectivity index is 2.15. The van der Waals surface area contributed by atoms with Crippen LogP contribution in [0.5, 0.6) is 0 Å². The summed E-state index contributed by atoms with van der Waals surface area (Å²) in [7, 11) is -7.69. The molecule has 0 saturated carbocycles. The van der Waals surface area contributed by atoms with Gasteiger partial charge in [0, 0.05) is 19.7 Å². The molecule has 1 saturated heterocycles. The molecule has 0 aliphatic carbocycles. The predicted octanol–water partition coefficient (Wildman–Crippen LogP) is 2.09. The van der Waals surface area contributed by atoms with Gasteiger partial charge in [-0.1, -0.05) is 42.5 Å². The molecule has 32 heavy (non-hydrogen) atoms. The first kappa shape index (κ1) is 24.5. The summed E-state index contributed by atoms with van der Waals surface area (Å²) in [6, 6.07) is 11.7. The minimum Gasteiger partial charge on any atom is -0.388 e. The third kappa shape index (κ3) is 4.48. The first-order chi connectivity index (χ1) is 15.0. The number of sulfonamides is 1. The lowest BCUT2D eigenvalue weighted by Crippen LogP contribution is -2.59. The summed E-state index contributed by atoms with van der Waals surface area (Å²) in [5.41, 5.74) is -0.128. The number of aliphatic hydroxyl groups excluding tert-OH is 2. The van der Waals surface area contributed by atoms with Crippen molar-refractivity contribution in [3.8, 4) is 0 Å². The molecule has 0 aromatic heterocycles. The molecule has 11 nitrogen and oxygen atoms in total. The molecule has 0 amide bonds. The van der Waals surface area contributed by atoms with Gasteiger partial charge in [0.1, 0.15) is 6.10 Å². The van der Waals surface area contributed by atoms with E-state index >= 15 is 0 Å². The molecule has 0 spiro atoms. The van der Waals surface area contributed by atoms with Gasteiger partial charge in [0.15, 0.2) is 10.7 Å². The Morgan fingerprint density at radius 3 is 2.34 bits per heavy atom. The van der Waals surface area contributed by atoms with Crippen molar-refractivity contribution in [3.05, 3.63) is 70.3 Å². The molecule has 174 valence electrons. The van der Waals surface area contributed by atoms with E-state index in [0.29, 0.717) is 5.56 Å². The number of aliphatic hydroxyl groups is 2. The molecule has 1 unspecified atom stereocenters. The molecule has 0 radical (unpaired) electrons. The van der Waals surface area contributed by atoms with Crippen molar-refractivity contribution in [2.24, 2.45) is 0 Å². The van der Waals surface area contributed by atoms with Crippen LogP contribution >= 0.6 is 7.60 Å². The predicted molar refractivity (Wildman–Crippen MR) is 113 cm³/mol. The maximum atomic E-state index is 13.7. The largest absolute Gasteiger partial charge is 0.388 e. The van der Waals surface area contributed by atoms with Crippen molar-refractivity contribution in [2.45, 2.75) is 42.5 Å². The van der Waals surface area contributed by atoms with Crippen LogP contribution < -0.4 is 0 Å². The van der Waals surface area contributed by atoms with E-state index in [1.807, 2.05) is 0 Å². The zero-order chi connectivity index (χ0) is 23.7. The number of nitro groups is 1. The SMILES string of the molecule is COP1(=O)O[C@H](C)[C@@H](N(Cc2ccccc2)S(=O)(=O)c2ccccc2[N+](=O)[O-])[C@H](O)[C@@H]1O. The Labute approximate surface area is 184 Å². The highest BCUT2D eigenvalue weighted by molar-refractivity contribution is 7.89. The lowest BCUT2D eigenvalue weighted by molar-refractivity contribution is -0.387. The number of hydrogen-bond acceptors (Lipinski definition) is 9. The fourth-order valence-corrected chi connectivity index (χ4v) is 7.03. The maximum absolute atomic E-state index is 13.7. The Bertz CT molecular complexity index is 1130. The van der Waals surface area contributed by atoms with Gasteiger partial charge < -0.3 is 19.3 Å². The van der Waals surface area contributed by atoms with Gasteiger partial charge in [0.05, 0.1) is 17.1 Å². The Morgan fingerprint density at radius 2 is 1.75 bits per heavy atom. The lowest BCUT2D eigenvalue weighted by atomic mass is 10.1. The summed E-state index contributed by atoms with van der Waals surface area (Å²) < 4.78 is 50.9. The second-order valence-electron chi connectivity index (χ2n) is 7.19. The van der Waals surface area contributed by atoms with E-state index in [1.54, 1.807) is 30.3 Å². The van der Waals surface area contributed by atoms with Crippen LogP contribution in [-0.2, 0) is 30.2 Å². The van der Waals surface area contributed by atoms with Crippen LogP contribution in [0, 0.1) is 10.1 Å².